The third-order valence-corrected chi connectivity index (χ3v) is 4.37. The Morgan fingerprint density at radius 3 is 2.61 bits per heavy atom. The summed E-state index contributed by atoms with van der Waals surface area (Å²) in [6, 6.07) is 3.47. The van der Waals surface area contributed by atoms with E-state index in [1.54, 1.807) is 7.05 Å². The van der Waals surface area contributed by atoms with Gasteiger partial charge in [-0.25, -0.2) is 12.8 Å². The SMILES string of the molecule is CNCCN(C)S(=O)(=O)c1cc(Cl)ccc1F.Cl. The first-order valence-corrected chi connectivity index (χ1v) is 6.77. The maximum atomic E-state index is 13.5. The zero-order chi connectivity index (χ0) is 13.1. The van der Waals surface area contributed by atoms with Gasteiger partial charge in [0.2, 0.25) is 10.0 Å². The number of halogens is 3. The van der Waals surface area contributed by atoms with Crippen LogP contribution >= 0.6 is 24.0 Å². The number of nitrogens with one attached hydrogen (secondary N) is 1. The van der Waals surface area contributed by atoms with Gasteiger partial charge in [0.25, 0.3) is 0 Å². The van der Waals surface area contributed by atoms with Crippen LogP contribution in [0.1, 0.15) is 0 Å². The lowest BCUT2D eigenvalue weighted by atomic mass is 10.3. The van der Waals surface area contributed by atoms with Crippen LogP contribution in [0.2, 0.25) is 5.02 Å². The average molecular weight is 317 g/mol. The van der Waals surface area contributed by atoms with Gasteiger partial charge in [0.15, 0.2) is 0 Å². The molecule has 0 aliphatic carbocycles. The highest BCUT2D eigenvalue weighted by Gasteiger charge is 2.24. The molecule has 0 saturated carbocycles. The van der Waals surface area contributed by atoms with Crippen molar-refractivity contribution in [3.63, 3.8) is 0 Å². The Labute approximate surface area is 118 Å². The highest BCUT2D eigenvalue weighted by Crippen LogP contribution is 2.22. The summed E-state index contributed by atoms with van der Waals surface area (Å²) in [7, 11) is -0.726. The molecule has 0 atom stereocenters. The minimum Gasteiger partial charge on any atom is -0.318 e. The lowest BCUT2D eigenvalue weighted by molar-refractivity contribution is 0.459. The number of hydrogen-bond donors (Lipinski definition) is 1. The molecule has 0 fully saturated rings. The van der Waals surface area contributed by atoms with Crippen molar-refractivity contribution < 1.29 is 12.8 Å². The number of rotatable bonds is 5. The molecule has 4 nitrogen and oxygen atoms in total. The molecule has 1 rings (SSSR count). The highest BCUT2D eigenvalue weighted by atomic mass is 35.5. The molecule has 0 aliphatic rings. The zero-order valence-electron chi connectivity index (χ0n) is 9.98. The Hall–Kier alpha value is -0.400. The van der Waals surface area contributed by atoms with E-state index < -0.39 is 20.7 Å². The minimum atomic E-state index is -3.83. The lowest BCUT2D eigenvalue weighted by Gasteiger charge is -2.17. The van der Waals surface area contributed by atoms with E-state index in [0.29, 0.717) is 6.54 Å². The van der Waals surface area contributed by atoms with E-state index in [2.05, 4.69) is 5.32 Å². The summed E-state index contributed by atoms with van der Waals surface area (Å²) < 4.78 is 38.6. The fourth-order valence-electron chi connectivity index (χ4n) is 1.23. The molecule has 0 amide bonds. The summed E-state index contributed by atoms with van der Waals surface area (Å²) in [6.45, 7) is 0.739. The van der Waals surface area contributed by atoms with Crippen LogP contribution in [0.15, 0.2) is 23.1 Å². The van der Waals surface area contributed by atoms with E-state index in [1.165, 1.54) is 13.1 Å². The lowest BCUT2D eigenvalue weighted by Crippen LogP contribution is -2.33. The van der Waals surface area contributed by atoms with Crippen molar-refractivity contribution in [3.05, 3.63) is 29.0 Å². The smallest absolute Gasteiger partial charge is 0.245 e. The van der Waals surface area contributed by atoms with E-state index >= 15 is 0 Å². The van der Waals surface area contributed by atoms with Gasteiger partial charge in [-0.15, -0.1) is 12.4 Å². The van der Waals surface area contributed by atoms with Crippen LogP contribution in [0.4, 0.5) is 4.39 Å². The van der Waals surface area contributed by atoms with E-state index in [4.69, 9.17) is 11.6 Å². The molecule has 0 saturated heterocycles. The Balaban J connectivity index is 0.00000289. The van der Waals surface area contributed by atoms with Crippen molar-refractivity contribution in [2.24, 2.45) is 0 Å². The van der Waals surface area contributed by atoms with Gasteiger partial charge in [-0.1, -0.05) is 11.6 Å². The largest absolute Gasteiger partial charge is 0.318 e. The van der Waals surface area contributed by atoms with Crippen LogP contribution in [0.5, 0.6) is 0 Å². The summed E-state index contributed by atoms with van der Waals surface area (Å²) in [5.74, 6) is -0.800. The van der Waals surface area contributed by atoms with Gasteiger partial charge in [-0.3, -0.25) is 0 Å². The van der Waals surface area contributed by atoms with Crippen LogP contribution in [0, 0.1) is 5.82 Å². The maximum Gasteiger partial charge on any atom is 0.245 e. The molecule has 0 spiro atoms. The van der Waals surface area contributed by atoms with E-state index in [1.807, 2.05) is 0 Å². The standard InChI is InChI=1S/C10H14ClFN2O2S.ClH/c1-13-5-6-14(2)17(15,16)10-7-8(11)3-4-9(10)12;/h3-4,7,13H,5-6H2,1-2H3;1H. The molecule has 0 heterocycles. The van der Waals surface area contributed by atoms with Crippen molar-refractivity contribution >= 4 is 34.0 Å². The van der Waals surface area contributed by atoms with Gasteiger partial charge in [0.1, 0.15) is 10.7 Å². The second kappa shape index (κ2) is 7.25. The predicted octanol–water partition coefficient (Wildman–Crippen LogP) is 1.74. The maximum absolute atomic E-state index is 13.5. The number of sulfonamides is 1. The molecule has 0 unspecified atom stereocenters. The Kier molecular flexibility index (Phi) is 7.09. The van der Waals surface area contributed by atoms with Crippen LogP contribution in [-0.4, -0.2) is 39.9 Å². The summed E-state index contributed by atoms with van der Waals surface area (Å²) in [5, 5.41) is 3.01. The predicted molar refractivity (Wildman–Crippen MR) is 72.4 cm³/mol. The van der Waals surface area contributed by atoms with Crippen molar-refractivity contribution in [2.75, 3.05) is 27.2 Å². The van der Waals surface area contributed by atoms with Crippen LogP contribution in [0.25, 0.3) is 0 Å². The summed E-state index contributed by atoms with van der Waals surface area (Å²) in [5.41, 5.74) is 0. The molecule has 0 bridgehead atoms. The van der Waals surface area contributed by atoms with Crippen molar-refractivity contribution in [2.45, 2.75) is 4.90 Å². The summed E-state index contributed by atoms with van der Waals surface area (Å²) in [6.07, 6.45) is 0. The molecule has 1 N–H and O–H groups in total. The van der Waals surface area contributed by atoms with Gasteiger partial charge in [0.05, 0.1) is 0 Å². The monoisotopic (exact) mass is 316 g/mol. The fraction of sp³-hybridized carbons (Fsp3) is 0.400. The molecule has 0 aromatic heterocycles. The molecular weight excluding hydrogens is 302 g/mol. The first kappa shape index (κ1) is 17.6. The Morgan fingerprint density at radius 2 is 2.06 bits per heavy atom. The first-order chi connectivity index (χ1) is 7.89. The molecule has 18 heavy (non-hydrogen) atoms. The fourth-order valence-corrected chi connectivity index (χ4v) is 2.73. The van der Waals surface area contributed by atoms with Crippen LogP contribution in [0.3, 0.4) is 0 Å². The zero-order valence-corrected chi connectivity index (χ0v) is 12.4. The molecule has 0 aliphatic heterocycles. The first-order valence-electron chi connectivity index (χ1n) is 4.95. The van der Waals surface area contributed by atoms with Crippen molar-refractivity contribution in [3.8, 4) is 0 Å². The van der Waals surface area contributed by atoms with Crippen LogP contribution < -0.4 is 5.32 Å². The summed E-state index contributed by atoms with van der Waals surface area (Å²) >= 11 is 5.67. The van der Waals surface area contributed by atoms with Crippen molar-refractivity contribution in [1.29, 1.82) is 0 Å². The molecular formula is C10H15Cl2FN2O2S. The third-order valence-electron chi connectivity index (χ3n) is 2.26. The average Bonchev–Trinajstić information content (AvgIpc) is 2.28. The number of nitrogens with zero attached hydrogens (tertiary/aromatic N) is 1. The van der Waals surface area contributed by atoms with Crippen molar-refractivity contribution in [1.82, 2.24) is 9.62 Å². The molecule has 1 aromatic rings. The number of hydrogen-bond acceptors (Lipinski definition) is 3. The van der Waals surface area contributed by atoms with Gasteiger partial charge < -0.3 is 5.32 Å². The van der Waals surface area contributed by atoms with E-state index in [-0.39, 0.29) is 24.0 Å². The quantitative estimate of drug-likeness (QED) is 0.900. The normalized spacial score (nSPS) is 11.4. The van der Waals surface area contributed by atoms with Crippen LogP contribution in [-0.2, 0) is 10.0 Å². The van der Waals surface area contributed by atoms with Gasteiger partial charge in [-0.2, -0.15) is 4.31 Å². The van der Waals surface area contributed by atoms with E-state index in [0.717, 1.165) is 16.4 Å². The molecule has 1 aromatic carbocycles. The van der Waals surface area contributed by atoms with Gasteiger partial charge in [0, 0.05) is 25.2 Å². The Bertz CT molecular complexity index is 497. The minimum absolute atomic E-state index is 0. The Morgan fingerprint density at radius 1 is 1.44 bits per heavy atom. The highest BCUT2D eigenvalue weighted by molar-refractivity contribution is 7.89. The van der Waals surface area contributed by atoms with E-state index in [9.17, 15) is 12.8 Å². The third kappa shape index (κ3) is 4.07. The number of likely N-dealkylation sites (N-methyl/N-ethyl adjacent to an activating group) is 2. The van der Waals surface area contributed by atoms with Gasteiger partial charge in [-0.05, 0) is 25.2 Å². The van der Waals surface area contributed by atoms with Gasteiger partial charge >= 0.3 is 0 Å². The summed E-state index contributed by atoms with van der Waals surface area (Å²) in [4.78, 5) is -0.399. The molecule has 0 radical (unpaired) electrons. The molecule has 104 valence electrons. The second-order valence-electron chi connectivity index (χ2n) is 3.50. The molecule has 8 heteroatoms. The topological polar surface area (TPSA) is 49.4 Å². The number of benzene rings is 1. The second-order valence-corrected chi connectivity index (χ2v) is 5.95.